The summed E-state index contributed by atoms with van der Waals surface area (Å²) in [5.74, 6) is -0.292. The Morgan fingerprint density at radius 2 is 1.88 bits per heavy atom. The van der Waals surface area contributed by atoms with Gasteiger partial charge in [-0.2, -0.15) is 0 Å². The normalized spacial score (nSPS) is 13.4. The zero-order valence-electron chi connectivity index (χ0n) is 17.3. The van der Waals surface area contributed by atoms with E-state index in [-0.39, 0.29) is 5.97 Å². The lowest BCUT2D eigenvalue weighted by Gasteiger charge is -2.45. The monoisotopic (exact) mass is 348 g/mol. The second kappa shape index (κ2) is 11.7. The van der Waals surface area contributed by atoms with E-state index in [0.717, 1.165) is 36.4 Å². The Bertz CT molecular complexity index is 549. The molecule has 4 nitrogen and oxygen atoms in total. The van der Waals surface area contributed by atoms with Crippen molar-refractivity contribution in [3.8, 4) is 0 Å². The highest BCUT2D eigenvalue weighted by Crippen LogP contribution is 2.30. The van der Waals surface area contributed by atoms with E-state index >= 15 is 0 Å². The number of nitrogens with zero attached hydrogens (tertiary/aromatic N) is 2. The molecule has 2 rings (SSSR count). The Balaban J connectivity index is 0.00000134. The number of anilines is 1. The summed E-state index contributed by atoms with van der Waals surface area (Å²) in [6, 6.07) is 4.46. The largest absolute Gasteiger partial charge is 0.465 e. The Labute approximate surface area is 154 Å². The minimum atomic E-state index is -0.292. The molecule has 0 atom stereocenters. The first-order chi connectivity index (χ1) is 12.0. The quantitative estimate of drug-likeness (QED) is 0.727. The number of hydrogen-bond acceptors (Lipinski definition) is 4. The molecule has 0 amide bonds. The Morgan fingerprint density at radius 1 is 1.32 bits per heavy atom. The molecule has 0 aromatic heterocycles. The second-order valence-electron chi connectivity index (χ2n) is 5.57. The van der Waals surface area contributed by atoms with Gasteiger partial charge in [0.2, 0.25) is 0 Å². The number of benzene rings is 1. The fourth-order valence-electron chi connectivity index (χ4n) is 2.95. The minimum absolute atomic E-state index is 0.292. The van der Waals surface area contributed by atoms with Crippen LogP contribution in [0.4, 0.5) is 5.69 Å². The van der Waals surface area contributed by atoms with E-state index in [4.69, 9.17) is 4.74 Å². The van der Waals surface area contributed by atoms with Gasteiger partial charge in [-0.25, -0.2) is 4.79 Å². The number of carbonyl (C=O) groups excluding carboxylic acids is 1. The molecule has 0 saturated carbocycles. The van der Waals surface area contributed by atoms with Crippen LogP contribution in [0.5, 0.6) is 0 Å². The molecule has 1 saturated heterocycles. The summed E-state index contributed by atoms with van der Waals surface area (Å²) in [6.45, 7) is 19.0. The van der Waals surface area contributed by atoms with Crippen LogP contribution >= 0.6 is 0 Å². The molecule has 1 fully saturated rings. The lowest BCUT2D eigenvalue weighted by molar-refractivity contribution is 0.0600. The van der Waals surface area contributed by atoms with Gasteiger partial charge < -0.3 is 14.5 Å². The van der Waals surface area contributed by atoms with Crippen LogP contribution in [0, 0.1) is 6.92 Å². The van der Waals surface area contributed by atoms with Gasteiger partial charge in [-0.15, -0.1) is 0 Å². The van der Waals surface area contributed by atoms with Crippen LogP contribution in [-0.4, -0.2) is 50.7 Å². The smallest absolute Gasteiger partial charge is 0.338 e. The van der Waals surface area contributed by atoms with E-state index in [1.165, 1.54) is 7.11 Å². The molecule has 0 spiro atoms. The minimum Gasteiger partial charge on any atom is -0.465 e. The number of carbonyl (C=O) groups is 1. The summed E-state index contributed by atoms with van der Waals surface area (Å²) in [6.07, 6.45) is 1.77. The number of esters is 1. The van der Waals surface area contributed by atoms with Crippen molar-refractivity contribution in [2.24, 2.45) is 0 Å². The standard InChI is InChI=1S/C17H24N2O2.2C2H6/c1-6-13-8-15(17(20)21-5)12(3)16(9-13)19(7-2)14-10-18(4)11-14;2*1-2/h6,8-9,14H,1,7,10-11H2,2-5H3;2*1-2H3. The van der Waals surface area contributed by atoms with Crippen LogP contribution < -0.4 is 4.90 Å². The van der Waals surface area contributed by atoms with Crippen molar-refractivity contribution in [3.63, 3.8) is 0 Å². The number of likely N-dealkylation sites (N-methyl/N-ethyl adjacent to an activating group) is 2. The molecule has 0 bridgehead atoms. The summed E-state index contributed by atoms with van der Waals surface area (Å²) in [5, 5.41) is 0. The van der Waals surface area contributed by atoms with Crippen LogP contribution in [0.25, 0.3) is 6.08 Å². The van der Waals surface area contributed by atoms with E-state index < -0.39 is 0 Å². The predicted molar refractivity (Wildman–Crippen MR) is 110 cm³/mol. The van der Waals surface area contributed by atoms with Crippen LogP contribution in [0.1, 0.15) is 56.1 Å². The van der Waals surface area contributed by atoms with Gasteiger partial charge in [-0.05, 0) is 44.2 Å². The fraction of sp³-hybridized carbons (Fsp3) is 0.571. The van der Waals surface area contributed by atoms with Crippen molar-refractivity contribution in [1.29, 1.82) is 0 Å². The number of likely N-dealkylation sites (tertiary alicyclic amines) is 1. The molecule has 0 unspecified atom stereocenters. The molecule has 142 valence electrons. The third kappa shape index (κ3) is 5.60. The summed E-state index contributed by atoms with van der Waals surface area (Å²) in [5.41, 5.74) is 3.65. The molecule has 25 heavy (non-hydrogen) atoms. The highest BCUT2D eigenvalue weighted by Gasteiger charge is 2.30. The molecule has 1 aromatic rings. The number of hydrogen-bond donors (Lipinski definition) is 0. The van der Waals surface area contributed by atoms with Gasteiger partial charge in [0.25, 0.3) is 0 Å². The highest BCUT2D eigenvalue weighted by atomic mass is 16.5. The number of rotatable bonds is 5. The van der Waals surface area contributed by atoms with E-state index in [0.29, 0.717) is 11.6 Å². The third-order valence-corrected chi connectivity index (χ3v) is 4.18. The van der Waals surface area contributed by atoms with Crippen LogP contribution in [0.3, 0.4) is 0 Å². The Morgan fingerprint density at radius 3 is 2.28 bits per heavy atom. The van der Waals surface area contributed by atoms with Crippen molar-refractivity contribution >= 4 is 17.7 Å². The lowest BCUT2D eigenvalue weighted by Crippen LogP contribution is -2.58. The van der Waals surface area contributed by atoms with Crippen molar-refractivity contribution in [2.75, 3.05) is 38.7 Å². The van der Waals surface area contributed by atoms with Gasteiger partial charge in [0.1, 0.15) is 0 Å². The number of ether oxygens (including phenoxy) is 1. The maximum Gasteiger partial charge on any atom is 0.338 e. The highest BCUT2D eigenvalue weighted by molar-refractivity contribution is 5.94. The molecule has 1 heterocycles. The van der Waals surface area contributed by atoms with E-state index in [1.54, 1.807) is 6.08 Å². The molecule has 1 aromatic carbocycles. The molecule has 0 N–H and O–H groups in total. The fourth-order valence-corrected chi connectivity index (χ4v) is 2.95. The van der Waals surface area contributed by atoms with Gasteiger partial charge in [-0.3, -0.25) is 0 Å². The topological polar surface area (TPSA) is 32.8 Å². The van der Waals surface area contributed by atoms with Gasteiger partial charge in [-0.1, -0.05) is 40.3 Å². The third-order valence-electron chi connectivity index (χ3n) is 4.18. The van der Waals surface area contributed by atoms with E-state index in [1.807, 2.05) is 40.7 Å². The zero-order chi connectivity index (χ0) is 19.6. The molecule has 0 radical (unpaired) electrons. The first-order valence-corrected chi connectivity index (χ1v) is 9.32. The second-order valence-corrected chi connectivity index (χ2v) is 5.57. The summed E-state index contributed by atoms with van der Waals surface area (Å²) in [7, 11) is 3.54. The average molecular weight is 349 g/mol. The first-order valence-electron chi connectivity index (χ1n) is 9.32. The molecule has 1 aliphatic rings. The number of methoxy groups -OCH3 is 1. The molecule has 1 aliphatic heterocycles. The van der Waals surface area contributed by atoms with Gasteiger partial charge in [0.05, 0.1) is 18.7 Å². The van der Waals surface area contributed by atoms with Crippen molar-refractivity contribution in [1.82, 2.24) is 4.90 Å². The lowest BCUT2D eigenvalue weighted by atomic mass is 9.99. The van der Waals surface area contributed by atoms with Gasteiger partial charge in [0, 0.05) is 25.3 Å². The summed E-state index contributed by atoms with van der Waals surface area (Å²) in [4.78, 5) is 16.7. The Kier molecular flexibility index (Phi) is 10.8. The van der Waals surface area contributed by atoms with Crippen LogP contribution in [-0.2, 0) is 4.74 Å². The maximum atomic E-state index is 12.0. The van der Waals surface area contributed by atoms with E-state index in [9.17, 15) is 4.79 Å². The van der Waals surface area contributed by atoms with Gasteiger partial charge in [0.15, 0.2) is 0 Å². The predicted octanol–water partition coefficient (Wildman–Crippen LogP) is 4.62. The van der Waals surface area contributed by atoms with Crippen molar-refractivity contribution in [2.45, 2.75) is 47.6 Å². The first kappa shape index (κ1) is 23.2. The van der Waals surface area contributed by atoms with Crippen LogP contribution in [0.15, 0.2) is 18.7 Å². The molecule has 4 heteroatoms. The van der Waals surface area contributed by atoms with Crippen molar-refractivity contribution < 1.29 is 9.53 Å². The SMILES string of the molecule is C=Cc1cc(C(=O)OC)c(C)c(N(CC)C2CN(C)C2)c1.CC.CC. The molecular weight excluding hydrogens is 312 g/mol. The zero-order valence-corrected chi connectivity index (χ0v) is 17.3. The summed E-state index contributed by atoms with van der Waals surface area (Å²) >= 11 is 0. The summed E-state index contributed by atoms with van der Waals surface area (Å²) < 4.78 is 4.90. The molecular formula is C21H36N2O2. The van der Waals surface area contributed by atoms with E-state index in [2.05, 4.69) is 36.4 Å². The average Bonchev–Trinajstić information content (AvgIpc) is 2.64. The maximum absolute atomic E-state index is 12.0. The van der Waals surface area contributed by atoms with Gasteiger partial charge >= 0.3 is 5.97 Å². The molecule has 0 aliphatic carbocycles. The Hall–Kier alpha value is -1.81. The van der Waals surface area contributed by atoms with Crippen molar-refractivity contribution in [3.05, 3.63) is 35.4 Å². The van der Waals surface area contributed by atoms with Crippen LogP contribution in [0.2, 0.25) is 0 Å².